The Kier molecular flexibility index (Phi) is 5.57. The van der Waals surface area contributed by atoms with E-state index in [-0.39, 0.29) is 16.9 Å². The molecule has 0 bridgehead atoms. The molecule has 1 rings (SSSR count). The highest BCUT2D eigenvalue weighted by Gasteiger charge is 2.27. The van der Waals surface area contributed by atoms with Crippen LogP contribution in [-0.2, 0) is 0 Å². The van der Waals surface area contributed by atoms with Crippen molar-refractivity contribution < 1.29 is 4.79 Å². The third-order valence-corrected chi connectivity index (χ3v) is 2.88. The average Bonchev–Trinajstić information content (AvgIpc) is 2.33. The number of amides is 1. The molecule has 0 aliphatic heterocycles. The molecule has 0 atom stereocenters. The van der Waals surface area contributed by atoms with Crippen LogP contribution in [0.1, 0.15) is 57.0 Å². The monoisotopic (exact) mass is 286 g/mol. The number of nitrogens with two attached hydrogens (primary N) is 1. The summed E-state index contributed by atoms with van der Waals surface area (Å²) in [5.41, 5.74) is 6.70. The van der Waals surface area contributed by atoms with E-state index in [1.165, 1.54) is 0 Å². The molecule has 0 spiro atoms. The zero-order valence-corrected chi connectivity index (χ0v) is 13.7. The molecule has 0 saturated carbocycles. The zero-order chi connectivity index (χ0) is 16.1. The Morgan fingerprint density at radius 3 is 2.48 bits per heavy atom. The summed E-state index contributed by atoms with van der Waals surface area (Å²) in [4.78, 5) is 12.4. The average molecular weight is 286 g/mol. The number of hydrogen-bond donors (Lipinski definition) is 2. The Hall–Kier alpha value is -1.79. The highest BCUT2D eigenvalue weighted by molar-refractivity contribution is 5.95. The van der Waals surface area contributed by atoms with E-state index < -0.39 is 0 Å². The van der Waals surface area contributed by atoms with Crippen molar-refractivity contribution in [1.29, 1.82) is 0 Å². The molecule has 0 fully saturated rings. The van der Waals surface area contributed by atoms with Crippen LogP contribution >= 0.6 is 0 Å². The predicted octanol–water partition coefficient (Wildman–Crippen LogP) is 2.94. The second-order valence-electron chi connectivity index (χ2n) is 7.16. The summed E-state index contributed by atoms with van der Waals surface area (Å²) >= 11 is 0. The lowest BCUT2D eigenvalue weighted by atomic mass is 9.81. The molecule has 1 aromatic carbocycles. The van der Waals surface area contributed by atoms with E-state index in [2.05, 4.69) is 37.9 Å². The Labute approximate surface area is 128 Å². The summed E-state index contributed by atoms with van der Waals surface area (Å²) in [6.07, 6.45) is 0.901. The summed E-state index contributed by atoms with van der Waals surface area (Å²) < 4.78 is 0. The molecule has 1 aromatic rings. The van der Waals surface area contributed by atoms with Gasteiger partial charge in [0.1, 0.15) is 0 Å². The zero-order valence-electron chi connectivity index (χ0n) is 13.7. The maximum Gasteiger partial charge on any atom is 0.251 e. The summed E-state index contributed by atoms with van der Waals surface area (Å²) in [7, 11) is 0. The first-order chi connectivity index (χ1) is 9.63. The lowest BCUT2D eigenvalue weighted by Gasteiger charge is -2.33. The molecule has 0 radical (unpaired) electrons. The van der Waals surface area contributed by atoms with Gasteiger partial charge >= 0.3 is 0 Å². The molecule has 3 N–H and O–H groups in total. The first-order valence-electron chi connectivity index (χ1n) is 7.24. The first kappa shape index (κ1) is 17.3. The van der Waals surface area contributed by atoms with Gasteiger partial charge in [0.25, 0.3) is 5.91 Å². The van der Waals surface area contributed by atoms with E-state index in [1.54, 1.807) is 12.1 Å². The van der Waals surface area contributed by atoms with E-state index in [4.69, 9.17) is 5.73 Å². The van der Waals surface area contributed by atoms with Crippen LogP contribution in [0.25, 0.3) is 0 Å². The van der Waals surface area contributed by atoms with Crippen molar-refractivity contribution in [2.24, 2.45) is 11.1 Å². The fraction of sp³-hybridized carbons (Fsp3) is 0.500. The van der Waals surface area contributed by atoms with Gasteiger partial charge in [-0.1, -0.05) is 38.7 Å². The van der Waals surface area contributed by atoms with E-state index in [1.807, 2.05) is 26.0 Å². The van der Waals surface area contributed by atoms with Crippen molar-refractivity contribution in [2.45, 2.75) is 46.6 Å². The number of hydrogen-bond acceptors (Lipinski definition) is 2. The molecule has 0 aliphatic rings. The maximum absolute atomic E-state index is 12.4. The number of carbonyl (C=O) groups is 1. The van der Waals surface area contributed by atoms with Crippen LogP contribution in [0.2, 0.25) is 0 Å². The van der Waals surface area contributed by atoms with Crippen LogP contribution < -0.4 is 11.1 Å². The van der Waals surface area contributed by atoms with Gasteiger partial charge in [-0.3, -0.25) is 4.79 Å². The predicted molar refractivity (Wildman–Crippen MR) is 88.0 cm³/mol. The minimum Gasteiger partial charge on any atom is -0.347 e. The molecule has 3 heteroatoms. The van der Waals surface area contributed by atoms with Crippen molar-refractivity contribution in [3.05, 3.63) is 35.4 Å². The molecule has 114 valence electrons. The SMILES string of the molecule is CC(C)(C)CC(C)(C)NC(=O)c1cccc(C#CCN)c1. The highest BCUT2D eigenvalue weighted by Crippen LogP contribution is 2.27. The third kappa shape index (κ3) is 6.46. The van der Waals surface area contributed by atoms with E-state index >= 15 is 0 Å². The molecule has 0 heterocycles. The lowest BCUT2D eigenvalue weighted by molar-refractivity contribution is 0.0891. The van der Waals surface area contributed by atoms with Crippen LogP contribution in [0.15, 0.2) is 24.3 Å². The van der Waals surface area contributed by atoms with Crippen LogP contribution in [0.5, 0.6) is 0 Å². The number of carbonyl (C=O) groups excluding carboxylic acids is 1. The smallest absolute Gasteiger partial charge is 0.251 e. The highest BCUT2D eigenvalue weighted by atomic mass is 16.1. The normalized spacial score (nSPS) is 11.5. The Morgan fingerprint density at radius 2 is 1.90 bits per heavy atom. The molecule has 0 unspecified atom stereocenters. The van der Waals surface area contributed by atoms with Crippen molar-refractivity contribution in [1.82, 2.24) is 5.32 Å². The van der Waals surface area contributed by atoms with Gasteiger partial charge in [0, 0.05) is 16.7 Å². The quantitative estimate of drug-likeness (QED) is 0.839. The Morgan fingerprint density at radius 1 is 1.24 bits per heavy atom. The van der Waals surface area contributed by atoms with Gasteiger partial charge in [-0.15, -0.1) is 0 Å². The van der Waals surface area contributed by atoms with E-state index in [0.29, 0.717) is 12.1 Å². The van der Waals surface area contributed by atoms with Gasteiger partial charge in [-0.25, -0.2) is 0 Å². The van der Waals surface area contributed by atoms with Crippen molar-refractivity contribution in [3.63, 3.8) is 0 Å². The lowest BCUT2D eigenvalue weighted by Crippen LogP contribution is -2.45. The fourth-order valence-electron chi connectivity index (χ4n) is 2.64. The second-order valence-corrected chi connectivity index (χ2v) is 7.16. The Bertz CT molecular complexity index is 557. The van der Waals surface area contributed by atoms with Crippen LogP contribution in [0.3, 0.4) is 0 Å². The molecule has 0 saturated heterocycles. The number of benzene rings is 1. The molecule has 0 aliphatic carbocycles. The number of nitrogens with one attached hydrogen (secondary N) is 1. The second kappa shape index (κ2) is 6.78. The molecule has 3 nitrogen and oxygen atoms in total. The van der Waals surface area contributed by atoms with Gasteiger partial charge in [0.2, 0.25) is 0 Å². The topological polar surface area (TPSA) is 55.1 Å². The third-order valence-electron chi connectivity index (χ3n) is 2.88. The van der Waals surface area contributed by atoms with Crippen LogP contribution in [-0.4, -0.2) is 18.0 Å². The summed E-state index contributed by atoms with van der Waals surface area (Å²) in [6, 6.07) is 7.31. The number of rotatable bonds is 3. The molecule has 1 amide bonds. The minimum absolute atomic E-state index is 0.0688. The van der Waals surface area contributed by atoms with Crippen molar-refractivity contribution >= 4 is 5.91 Å². The minimum atomic E-state index is -0.256. The van der Waals surface area contributed by atoms with Gasteiger partial charge in [-0.05, 0) is 43.9 Å². The molecular formula is C18H26N2O. The van der Waals surface area contributed by atoms with Crippen molar-refractivity contribution in [3.8, 4) is 11.8 Å². The molecule has 21 heavy (non-hydrogen) atoms. The van der Waals surface area contributed by atoms with Crippen LogP contribution in [0, 0.1) is 17.3 Å². The van der Waals surface area contributed by atoms with Gasteiger partial charge < -0.3 is 11.1 Å². The van der Waals surface area contributed by atoms with Crippen molar-refractivity contribution in [2.75, 3.05) is 6.54 Å². The standard InChI is InChI=1S/C18H26N2O/c1-17(2,3)13-18(4,5)20-16(21)15-10-6-8-14(12-15)9-7-11-19/h6,8,10,12H,11,13,19H2,1-5H3,(H,20,21). The molecule has 0 aromatic heterocycles. The largest absolute Gasteiger partial charge is 0.347 e. The Balaban J connectivity index is 2.84. The van der Waals surface area contributed by atoms with Gasteiger partial charge in [0.05, 0.1) is 6.54 Å². The van der Waals surface area contributed by atoms with E-state index in [0.717, 1.165) is 12.0 Å². The molecular weight excluding hydrogens is 260 g/mol. The fourth-order valence-corrected chi connectivity index (χ4v) is 2.64. The maximum atomic E-state index is 12.4. The summed E-state index contributed by atoms with van der Waals surface area (Å²) in [5.74, 6) is 5.67. The van der Waals surface area contributed by atoms with Crippen LogP contribution in [0.4, 0.5) is 0 Å². The van der Waals surface area contributed by atoms with Gasteiger partial charge in [0.15, 0.2) is 0 Å². The first-order valence-corrected chi connectivity index (χ1v) is 7.24. The van der Waals surface area contributed by atoms with E-state index in [9.17, 15) is 4.79 Å². The van der Waals surface area contributed by atoms with Gasteiger partial charge in [-0.2, -0.15) is 0 Å². The summed E-state index contributed by atoms with van der Waals surface area (Å²) in [6.45, 7) is 10.9. The summed E-state index contributed by atoms with van der Waals surface area (Å²) in [5, 5.41) is 3.10.